The van der Waals surface area contributed by atoms with Gasteiger partial charge < -0.3 is 9.80 Å². The van der Waals surface area contributed by atoms with Crippen LogP contribution in [0.5, 0.6) is 5.75 Å². The number of hydrogen-bond acceptors (Lipinski definition) is 4. The first-order chi connectivity index (χ1) is 28.2. The van der Waals surface area contributed by atoms with E-state index in [0.717, 1.165) is 13.1 Å². The zero-order valence-electron chi connectivity index (χ0n) is 35.3. The van der Waals surface area contributed by atoms with Crippen molar-refractivity contribution < 1.29 is 49.8 Å². The topological polar surface area (TPSA) is 56.7 Å². The Morgan fingerprint density at radius 2 is 1.08 bits per heavy atom. The number of imide groups is 1. The molecule has 0 aromatic heterocycles. The number of rotatable bonds is 9. The van der Waals surface area contributed by atoms with Gasteiger partial charge in [0.2, 0.25) is 0 Å². The molecule has 2 aliphatic rings. The molecule has 326 valence electrons. The first-order valence-corrected chi connectivity index (χ1v) is 25.4. The van der Waals surface area contributed by atoms with Crippen LogP contribution in [-0.2, 0) is 18.3 Å². The summed E-state index contributed by atoms with van der Waals surface area (Å²) in [6.07, 6.45) is -1.15. The minimum absolute atomic E-state index is 0.0954. The fourth-order valence-electron chi connectivity index (χ4n) is 7.55. The van der Waals surface area contributed by atoms with Gasteiger partial charge in [0, 0.05) is 24.5 Å². The van der Waals surface area contributed by atoms with E-state index in [9.17, 15) is 31.5 Å². The Balaban J connectivity index is 0.000000228. The number of nitrogens with zero attached hydrogens (tertiary/aromatic N) is 3. The number of carbonyl (C=O) groups excluding carboxylic acids is 2. The van der Waals surface area contributed by atoms with E-state index in [4.69, 9.17) is 19.4 Å². The van der Waals surface area contributed by atoms with E-state index in [1.54, 1.807) is 19.9 Å². The summed E-state index contributed by atoms with van der Waals surface area (Å²) in [6.45, 7) is 26.1. The zero-order valence-corrected chi connectivity index (χ0v) is 38.6. The molecule has 1 N–H and O–H groups in total. The van der Waals surface area contributed by atoms with Crippen LogP contribution in [0.25, 0.3) is 0 Å². The first kappa shape index (κ1) is 47.2. The molecule has 2 aliphatic heterocycles. The number of ether oxygens (including phenoxy) is 1. The predicted molar refractivity (Wildman–Crippen MR) is 230 cm³/mol. The maximum absolute atomic E-state index is 14.3. The Morgan fingerprint density at radius 1 is 0.683 bits per heavy atom. The van der Waals surface area contributed by atoms with E-state index in [2.05, 4.69) is 113 Å². The van der Waals surface area contributed by atoms with Crippen molar-refractivity contribution >= 4 is 52.9 Å². The Morgan fingerprint density at radius 3 is 1.47 bits per heavy atom. The standard InChI is InChI=1S/C27H39N2.C19H12F5NO3.2ClH.Ru/c1-18(2)22-11-9-12-23(19(3)4)26(22)28-15-16-29(17-28)27-24(20(5)6)13-10-14-25(27)21(7)8;1-7(2)16-19(27)25(9-6-4-5-8(3)17(9)28-16)18(26)10-11(20)13(22)15(24)14(23)12(10)21;;;/h9-14,17-21H,15-16H2,1-8H3;3-7,16H,1-2H3;2*1H;/q-1;;;;+2/p-1. The third kappa shape index (κ3) is 9.46. The van der Waals surface area contributed by atoms with Crippen LogP contribution in [0.15, 0.2) is 54.6 Å². The SMILES string of the molecule is CC(C)C1[OH+]c2c([CH]=[Ru]([Cl])[Cl])cccc2N(C(=O)c2c(F)c(F)c(F)c(F)c2F)C1=O.CC(C)c1cccc(C(C)C)c1N1[CH-]N(c2c(C(C)C)cccc2C(C)C)CC1. The van der Waals surface area contributed by atoms with Crippen molar-refractivity contribution in [2.45, 2.75) is 99.0 Å². The molecule has 0 saturated carbocycles. The summed E-state index contributed by atoms with van der Waals surface area (Å²) in [6, 6.07) is 17.9. The average Bonchev–Trinajstić information content (AvgIpc) is 3.68. The van der Waals surface area contributed by atoms with Crippen molar-refractivity contribution in [3.8, 4) is 5.75 Å². The van der Waals surface area contributed by atoms with Crippen LogP contribution in [-0.4, -0.2) is 40.4 Å². The molecule has 6 nitrogen and oxygen atoms in total. The number of halogens is 7. The van der Waals surface area contributed by atoms with Crippen molar-refractivity contribution in [2.75, 3.05) is 27.8 Å². The van der Waals surface area contributed by atoms with Gasteiger partial charge in [0.1, 0.15) is 0 Å². The molecule has 1 unspecified atom stereocenters. The number of amides is 2. The average molecular weight is 962 g/mol. The van der Waals surface area contributed by atoms with Crippen molar-refractivity contribution in [3.05, 3.63) is 124 Å². The van der Waals surface area contributed by atoms with Gasteiger partial charge in [-0.05, 0) is 45.9 Å². The van der Waals surface area contributed by atoms with Gasteiger partial charge in [0.05, 0.1) is 0 Å². The third-order valence-electron chi connectivity index (χ3n) is 10.6. The van der Waals surface area contributed by atoms with Crippen molar-refractivity contribution in [2.24, 2.45) is 5.92 Å². The second-order valence-corrected chi connectivity index (χ2v) is 22.2. The maximum atomic E-state index is 14.3. The summed E-state index contributed by atoms with van der Waals surface area (Å²) in [4.78, 5) is 31.4. The minimum Gasteiger partial charge on any atom is -0.502 e. The molecule has 14 heteroatoms. The van der Waals surface area contributed by atoms with E-state index < -0.39 is 72.0 Å². The molecule has 6 rings (SSSR count). The fraction of sp³-hybridized carbons (Fsp3) is 0.391. The molecule has 0 radical (unpaired) electrons. The second-order valence-electron chi connectivity index (χ2n) is 16.5. The Bertz CT molecular complexity index is 2150. The molecular formula is C46H52Cl2F5N3O3Ru. The van der Waals surface area contributed by atoms with Crippen LogP contribution < -0.4 is 14.7 Å². The van der Waals surface area contributed by atoms with Crippen molar-refractivity contribution in [3.63, 3.8) is 0 Å². The van der Waals surface area contributed by atoms with E-state index in [0.29, 0.717) is 34.1 Å². The molecule has 1 fully saturated rings. The van der Waals surface area contributed by atoms with Crippen LogP contribution in [0.3, 0.4) is 0 Å². The number of aliphatic hydroxyl groups is 1. The monoisotopic (exact) mass is 961 g/mol. The van der Waals surface area contributed by atoms with Crippen LogP contribution in [0.4, 0.5) is 39.0 Å². The Labute approximate surface area is 363 Å². The van der Waals surface area contributed by atoms with Crippen molar-refractivity contribution in [1.82, 2.24) is 0 Å². The van der Waals surface area contributed by atoms with E-state index in [1.807, 2.05) is 0 Å². The number of fused-ring (bicyclic) bond motifs is 1. The summed E-state index contributed by atoms with van der Waals surface area (Å²) >= 11 is -2.38. The number of para-hydroxylation sites is 3. The van der Waals surface area contributed by atoms with Gasteiger partial charge in [-0.15, -0.1) is 0 Å². The van der Waals surface area contributed by atoms with Gasteiger partial charge >= 0.3 is 186 Å². The molecular weight excluding hydrogens is 909 g/mol. The third-order valence-corrected chi connectivity index (χ3v) is 12.4. The molecule has 1 saturated heterocycles. The van der Waals surface area contributed by atoms with Gasteiger partial charge in [-0.3, -0.25) is 0 Å². The van der Waals surface area contributed by atoms with Gasteiger partial charge in [-0.1, -0.05) is 91.8 Å². The summed E-state index contributed by atoms with van der Waals surface area (Å²) in [5.74, 6) is -12.7. The van der Waals surface area contributed by atoms with E-state index in [-0.39, 0.29) is 11.4 Å². The number of benzene rings is 4. The molecule has 0 aliphatic carbocycles. The normalized spacial score (nSPS) is 15.6. The van der Waals surface area contributed by atoms with Crippen LogP contribution >= 0.6 is 19.4 Å². The van der Waals surface area contributed by atoms with Crippen molar-refractivity contribution in [1.29, 1.82) is 0 Å². The predicted octanol–water partition coefficient (Wildman–Crippen LogP) is 12.5. The zero-order chi connectivity index (χ0) is 44.5. The quantitative estimate of drug-likeness (QED) is 0.0319. The summed E-state index contributed by atoms with van der Waals surface area (Å²) in [7, 11) is 11.8. The van der Waals surface area contributed by atoms with Gasteiger partial charge in [-0.2, -0.15) is 6.67 Å². The van der Waals surface area contributed by atoms with Gasteiger partial charge in [-0.25, -0.2) is 0 Å². The van der Waals surface area contributed by atoms with Gasteiger partial charge in [0.15, 0.2) is 0 Å². The molecule has 4 aromatic rings. The number of carbonyl (C=O) groups is 2. The summed E-state index contributed by atoms with van der Waals surface area (Å²) in [5.41, 5.74) is 7.11. The molecule has 4 aromatic carbocycles. The fourth-order valence-corrected chi connectivity index (χ4v) is 9.35. The number of hydrogen-bond donors (Lipinski definition) is 0. The molecule has 2 amide bonds. The molecule has 2 heterocycles. The Kier molecular flexibility index (Phi) is 15.3. The number of anilines is 3. The van der Waals surface area contributed by atoms with Crippen LogP contribution in [0.1, 0.15) is 131 Å². The maximum Gasteiger partial charge on any atom is 0.0156 e. The van der Waals surface area contributed by atoms with Gasteiger partial charge in [0.25, 0.3) is 0 Å². The van der Waals surface area contributed by atoms with E-state index >= 15 is 0 Å². The van der Waals surface area contributed by atoms with Crippen LogP contribution in [0.2, 0.25) is 0 Å². The molecule has 0 spiro atoms. The molecule has 0 bridgehead atoms. The Hall–Kier alpha value is -3.86. The van der Waals surface area contributed by atoms with E-state index in [1.165, 1.54) is 50.4 Å². The largest absolute Gasteiger partial charge is 0.502 e. The summed E-state index contributed by atoms with van der Waals surface area (Å²) in [5, 5.41) is 0. The first-order valence-electron chi connectivity index (χ1n) is 19.9. The second kappa shape index (κ2) is 19.5. The molecule has 60 heavy (non-hydrogen) atoms. The minimum atomic E-state index is -2.41. The molecule has 1 atom stereocenters. The van der Waals surface area contributed by atoms with Crippen LogP contribution in [0, 0.1) is 41.7 Å². The summed E-state index contributed by atoms with van der Waals surface area (Å²) < 4.78 is 75.1. The number of aromatic hydroxyl groups is 1. The smallest absolute Gasteiger partial charge is 0.0156 e.